The molecule has 3 aromatic rings. The third kappa shape index (κ3) is 3.55. The zero-order chi connectivity index (χ0) is 17.1. The van der Waals surface area contributed by atoms with E-state index >= 15 is 0 Å². The van der Waals surface area contributed by atoms with Crippen molar-refractivity contribution >= 4 is 28.4 Å². The minimum Gasteiger partial charge on any atom is -0.436 e. The van der Waals surface area contributed by atoms with Crippen LogP contribution in [0.25, 0.3) is 22.6 Å². The van der Waals surface area contributed by atoms with Crippen molar-refractivity contribution in [3.05, 3.63) is 47.5 Å². The summed E-state index contributed by atoms with van der Waals surface area (Å²) in [5, 5.41) is 12.8. The Labute approximate surface area is 146 Å². The van der Waals surface area contributed by atoms with E-state index in [1.807, 2.05) is 31.2 Å². The van der Waals surface area contributed by atoms with Crippen molar-refractivity contribution < 1.29 is 9.52 Å². The second-order valence-corrected chi connectivity index (χ2v) is 6.20. The number of alkyl halides is 1. The average molecular weight is 345 g/mol. The maximum absolute atomic E-state index is 9.62. The summed E-state index contributed by atoms with van der Waals surface area (Å²) in [7, 11) is 0. The molecule has 0 spiro atoms. The molecule has 0 aliphatic carbocycles. The monoisotopic (exact) mass is 344 g/mol. The Morgan fingerprint density at radius 2 is 2.08 bits per heavy atom. The Morgan fingerprint density at radius 1 is 1.25 bits per heavy atom. The highest BCUT2D eigenvalue weighted by molar-refractivity contribution is 6.18. The first-order valence-electron chi connectivity index (χ1n) is 8.09. The molecule has 24 heavy (non-hydrogen) atoms. The molecule has 2 aromatic carbocycles. The zero-order valence-electron chi connectivity index (χ0n) is 13.8. The number of halogens is 1. The van der Waals surface area contributed by atoms with E-state index in [2.05, 4.69) is 29.4 Å². The molecule has 3 rings (SSSR count). The van der Waals surface area contributed by atoms with Crippen LogP contribution in [0.3, 0.4) is 0 Å². The molecule has 4 nitrogen and oxygen atoms in total. The van der Waals surface area contributed by atoms with Gasteiger partial charge in [0.25, 0.3) is 0 Å². The summed E-state index contributed by atoms with van der Waals surface area (Å²) in [6, 6.07) is 12.1. The van der Waals surface area contributed by atoms with Crippen LogP contribution in [0.5, 0.6) is 0 Å². The van der Waals surface area contributed by atoms with Gasteiger partial charge in [-0.25, -0.2) is 4.98 Å². The Balaban J connectivity index is 1.91. The van der Waals surface area contributed by atoms with E-state index < -0.39 is 6.10 Å². The maximum atomic E-state index is 9.62. The van der Waals surface area contributed by atoms with Gasteiger partial charge in [-0.15, -0.1) is 11.6 Å². The smallest absolute Gasteiger partial charge is 0.227 e. The Kier molecular flexibility index (Phi) is 5.07. The molecular weight excluding hydrogens is 324 g/mol. The van der Waals surface area contributed by atoms with Crippen LogP contribution in [-0.2, 0) is 6.42 Å². The van der Waals surface area contributed by atoms with Crippen LogP contribution in [-0.4, -0.2) is 28.6 Å². The third-order valence-electron chi connectivity index (χ3n) is 4.05. The number of nitrogens with zero attached hydrogens (tertiary/aromatic N) is 1. The molecule has 5 heteroatoms. The largest absolute Gasteiger partial charge is 0.436 e. The molecule has 0 aliphatic heterocycles. The number of rotatable bonds is 6. The summed E-state index contributed by atoms with van der Waals surface area (Å²) in [4.78, 5) is 4.61. The topological polar surface area (TPSA) is 58.3 Å². The van der Waals surface area contributed by atoms with Gasteiger partial charge in [0.05, 0.1) is 12.0 Å². The van der Waals surface area contributed by atoms with Gasteiger partial charge in [-0.3, -0.25) is 0 Å². The van der Waals surface area contributed by atoms with E-state index in [9.17, 15) is 5.11 Å². The Bertz CT molecular complexity index is 844. The first-order valence-corrected chi connectivity index (χ1v) is 8.62. The fourth-order valence-corrected chi connectivity index (χ4v) is 2.65. The second kappa shape index (κ2) is 7.24. The zero-order valence-corrected chi connectivity index (χ0v) is 14.6. The van der Waals surface area contributed by atoms with Gasteiger partial charge in [0.2, 0.25) is 5.89 Å². The minimum atomic E-state index is -0.577. The highest BCUT2D eigenvalue weighted by atomic mass is 35.5. The van der Waals surface area contributed by atoms with Crippen molar-refractivity contribution in [1.82, 2.24) is 4.98 Å². The normalized spacial score (nSPS) is 12.5. The van der Waals surface area contributed by atoms with Gasteiger partial charge in [-0.2, -0.15) is 0 Å². The van der Waals surface area contributed by atoms with Crippen LogP contribution in [0.2, 0.25) is 0 Å². The summed E-state index contributed by atoms with van der Waals surface area (Å²) < 4.78 is 5.89. The molecule has 0 fully saturated rings. The summed E-state index contributed by atoms with van der Waals surface area (Å²) in [5.41, 5.74) is 5.83. The Hall–Kier alpha value is -2.04. The lowest BCUT2D eigenvalue weighted by atomic mass is 10.1. The van der Waals surface area contributed by atoms with Crippen LogP contribution in [0, 0.1) is 6.92 Å². The standard InChI is InChI=1S/C19H21ClN2O2/c1-3-13-5-7-18-17(8-13)22-19(24-18)14-6-4-12(2)16(9-14)21-11-15(23)10-20/h4-9,15,21,23H,3,10-11H2,1-2H3. The van der Waals surface area contributed by atoms with Crippen LogP contribution >= 0.6 is 11.6 Å². The van der Waals surface area contributed by atoms with Gasteiger partial charge in [0, 0.05) is 17.8 Å². The van der Waals surface area contributed by atoms with Crippen molar-refractivity contribution in [3.63, 3.8) is 0 Å². The predicted molar refractivity (Wildman–Crippen MR) is 98.8 cm³/mol. The highest BCUT2D eigenvalue weighted by Gasteiger charge is 2.11. The lowest BCUT2D eigenvalue weighted by molar-refractivity contribution is 0.211. The van der Waals surface area contributed by atoms with Crippen molar-refractivity contribution in [2.45, 2.75) is 26.4 Å². The predicted octanol–water partition coefficient (Wildman–Crippen LogP) is 4.38. The van der Waals surface area contributed by atoms with Crippen LogP contribution in [0.1, 0.15) is 18.1 Å². The van der Waals surface area contributed by atoms with E-state index in [1.165, 1.54) is 5.56 Å². The van der Waals surface area contributed by atoms with Crippen LogP contribution < -0.4 is 5.32 Å². The first-order chi connectivity index (χ1) is 11.6. The van der Waals surface area contributed by atoms with E-state index in [0.29, 0.717) is 12.4 Å². The van der Waals surface area contributed by atoms with Gasteiger partial charge < -0.3 is 14.8 Å². The van der Waals surface area contributed by atoms with E-state index in [4.69, 9.17) is 16.0 Å². The molecule has 0 aliphatic rings. The summed E-state index contributed by atoms with van der Waals surface area (Å²) >= 11 is 5.64. The summed E-state index contributed by atoms with van der Waals surface area (Å²) in [6.45, 7) is 4.54. The summed E-state index contributed by atoms with van der Waals surface area (Å²) in [5.74, 6) is 0.801. The summed E-state index contributed by atoms with van der Waals surface area (Å²) in [6.07, 6.45) is 0.395. The molecule has 1 atom stereocenters. The number of benzene rings is 2. The number of hydrogen-bond acceptors (Lipinski definition) is 4. The molecule has 0 amide bonds. The average Bonchev–Trinajstić information content (AvgIpc) is 3.03. The number of aliphatic hydroxyl groups excluding tert-OH is 1. The van der Waals surface area contributed by atoms with Gasteiger partial charge in [0.1, 0.15) is 5.52 Å². The SMILES string of the molecule is CCc1ccc2oc(-c3ccc(C)c(NCC(O)CCl)c3)nc2c1. The number of nitrogens with one attached hydrogen (secondary N) is 1. The van der Waals surface area contributed by atoms with Gasteiger partial charge in [-0.05, 0) is 48.7 Å². The molecule has 2 N–H and O–H groups in total. The maximum Gasteiger partial charge on any atom is 0.227 e. The fraction of sp³-hybridized carbons (Fsp3) is 0.316. The lowest BCUT2D eigenvalue weighted by Crippen LogP contribution is -2.21. The molecule has 1 unspecified atom stereocenters. The van der Waals surface area contributed by atoms with Crippen molar-refractivity contribution in [2.75, 3.05) is 17.7 Å². The molecule has 0 radical (unpaired) electrons. The highest BCUT2D eigenvalue weighted by Crippen LogP contribution is 2.28. The molecule has 126 valence electrons. The number of fused-ring (bicyclic) bond motifs is 1. The van der Waals surface area contributed by atoms with Crippen molar-refractivity contribution in [1.29, 1.82) is 0 Å². The molecule has 0 bridgehead atoms. The van der Waals surface area contributed by atoms with Gasteiger partial charge >= 0.3 is 0 Å². The number of aromatic nitrogens is 1. The molecule has 1 aromatic heterocycles. The molecule has 1 heterocycles. The van der Waals surface area contributed by atoms with Crippen molar-refractivity contribution in [2.24, 2.45) is 0 Å². The van der Waals surface area contributed by atoms with Crippen molar-refractivity contribution in [3.8, 4) is 11.5 Å². The third-order valence-corrected chi connectivity index (χ3v) is 4.41. The van der Waals surface area contributed by atoms with Gasteiger partial charge in [-0.1, -0.05) is 19.1 Å². The number of oxazole rings is 1. The van der Waals surface area contributed by atoms with E-state index in [-0.39, 0.29) is 5.88 Å². The number of hydrogen-bond donors (Lipinski definition) is 2. The first kappa shape index (κ1) is 16.8. The molecule has 0 saturated heterocycles. The number of anilines is 1. The molecular formula is C19H21ClN2O2. The molecule has 0 saturated carbocycles. The number of aryl methyl sites for hydroxylation is 2. The minimum absolute atomic E-state index is 0.205. The Morgan fingerprint density at radius 3 is 2.83 bits per heavy atom. The quantitative estimate of drug-likeness (QED) is 0.652. The second-order valence-electron chi connectivity index (χ2n) is 5.89. The fourth-order valence-electron chi connectivity index (χ4n) is 2.54. The van der Waals surface area contributed by atoms with E-state index in [1.54, 1.807) is 0 Å². The van der Waals surface area contributed by atoms with Crippen LogP contribution in [0.4, 0.5) is 5.69 Å². The van der Waals surface area contributed by atoms with Crippen LogP contribution in [0.15, 0.2) is 40.8 Å². The number of aliphatic hydroxyl groups is 1. The van der Waals surface area contributed by atoms with E-state index in [0.717, 1.165) is 34.3 Å². The van der Waals surface area contributed by atoms with Gasteiger partial charge in [0.15, 0.2) is 5.58 Å². The lowest BCUT2D eigenvalue weighted by Gasteiger charge is -2.13.